The molecule has 3 rings (SSSR count). The fraction of sp³-hybridized carbons (Fsp3) is 0.526. The smallest absolute Gasteiger partial charge is 0.347 e. The summed E-state index contributed by atoms with van der Waals surface area (Å²) in [5.41, 5.74) is 0.153. The van der Waals surface area contributed by atoms with E-state index in [1.807, 2.05) is 0 Å². The van der Waals surface area contributed by atoms with Crippen LogP contribution in [0.15, 0.2) is 24.3 Å². The average molecular weight is 412 g/mol. The van der Waals surface area contributed by atoms with Crippen LogP contribution in [0.25, 0.3) is 0 Å². The van der Waals surface area contributed by atoms with Gasteiger partial charge in [-0.25, -0.2) is 0 Å². The Hall–Kier alpha value is -2.62. The Bertz CT molecular complexity index is 812. The van der Waals surface area contributed by atoms with Crippen LogP contribution in [0.2, 0.25) is 0 Å². The Balaban J connectivity index is 1.93. The summed E-state index contributed by atoms with van der Waals surface area (Å²) in [7, 11) is 3.20. The van der Waals surface area contributed by atoms with E-state index in [2.05, 4.69) is 5.32 Å². The topological polar surface area (TPSA) is 73.0 Å². The van der Waals surface area contributed by atoms with Crippen LogP contribution in [-0.4, -0.2) is 73.0 Å². The number of halogens is 3. The van der Waals surface area contributed by atoms with Gasteiger partial charge in [0, 0.05) is 14.1 Å². The summed E-state index contributed by atoms with van der Waals surface area (Å²) in [6.45, 7) is 0.110. The zero-order valence-corrected chi connectivity index (χ0v) is 16.2. The molecule has 7 nitrogen and oxygen atoms in total. The number of nitrogens with zero attached hydrogens (tertiary/aromatic N) is 3. The van der Waals surface area contributed by atoms with E-state index >= 15 is 0 Å². The lowest BCUT2D eigenvalue weighted by Crippen LogP contribution is -2.54. The number of amides is 3. The lowest BCUT2D eigenvalue weighted by atomic mass is 10.1. The molecule has 29 heavy (non-hydrogen) atoms. The third kappa shape index (κ3) is 4.36. The molecule has 0 spiro atoms. The molecule has 1 saturated heterocycles. The second-order valence-electron chi connectivity index (χ2n) is 7.45. The van der Waals surface area contributed by atoms with Gasteiger partial charge in [0.15, 0.2) is 0 Å². The van der Waals surface area contributed by atoms with Crippen LogP contribution < -0.4 is 10.2 Å². The summed E-state index contributed by atoms with van der Waals surface area (Å²) in [4.78, 5) is 41.2. The minimum absolute atomic E-state index is 0.000332. The Morgan fingerprint density at radius 2 is 1.93 bits per heavy atom. The van der Waals surface area contributed by atoms with Gasteiger partial charge in [-0.15, -0.1) is 0 Å². The highest BCUT2D eigenvalue weighted by Crippen LogP contribution is 2.38. The summed E-state index contributed by atoms with van der Waals surface area (Å²) < 4.78 is 41.3. The first-order chi connectivity index (χ1) is 13.6. The van der Waals surface area contributed by atoms with Crippen molar-refractivity contribution in [1.29, 1.82) is 0 Å². The van der Waals surface area contributed by atoms with Crippen molar-refractivity contribution in [2.75, 3.05) is 37.4 Å². The first-order valence-corrected chi connectivity index (χ1v) is 9.32. The molecule has 0 bridgehead atoms. The molecule has 0 aromatic heterocycles. The number of rotatable bonds is 3. The molecule has 0 radical (unpaired) electrons. The number of carbonyl (C=O) groups excluding carboxylic acids is 3. The van der Waals surface area contributed by atoms with Crippen LogP contribution in [0.3, 0.4) is 0 Å². The third-order valence-corrected chi connectivity index (χ3v) is 5.20. The molecule has 1 fully saturated rings. The van der Waals surface area contributed by atoms with Gasteiger partial charge >= 0.3 is 6.18 Å². The number of likely N-dealkylation sites (tertiary alicyclic amines) is 1. The predicted molar refractivity (Wildman–Crippen MR) is 100 cm³/mol. The lowest BCUT2D eigenvalue weighted by Gasteiger charge is -2.34. The maximum atomic E-state index is 13.8. The molecule has 3 amide bonds. The molecule has 2 aliphatic heterocycles. The van der Waals surface area contributed by atoms with E-state index in [1.165, 1.54) is 23.1 Å². The molecule has 2 atom stereocenters. The van der Waals surface area contributed by atoms with E-state index in [-0.39, 0.29) is 23.8 Å². The van der Waals surface area contributed by atoms with Crippen LogP contribution in [0.5, 0.6) is 0 Å². The molecule has 0 aliphatic carbocycles. The SMILES string of the molecule is CN(C)C(=O)C1CCCN1CC(=O)N1c2ccccc2NC(=O)CC1C(F)(F)F. The number of nitrogens with one attached hydrogen (secondary N) is 1. The maximum absolute atomic E-state index is 13.8. The number of hydrogen-bond donors (Lipinski definition) is 1. The fourth-order valence-electron chi connectivity index (χ4n) is 3.84. The predicted octanol–water partition coefficient (Wildman–Crippen LogP) is 1.85. The molecule has 0 saturated carbocycles. The number of benzene rings is 1. The first-order valence-electron chi connectivity index (χ1n) is 9.32. The van der Waals surface area contributed by atoms with Gasteiger partial charge in [0.2, 0.25) is 17.7 Å². The molecule has 1 aromatic carbocycles. The fourth-order valence-corrected chi connectivity index (χ4v) is 3.84. The standard InChI is InChI=1S/C19H23F3N4O3/c1-24(2)18(29)14-8-5-9-25(14)11-17(28)26-13-7-4-3-6-12(13)23-16(27)10-15(26)19(20,21)22/h3-4,6-7,14-15H,5,8-11H2,1-2H3,(H,23,27). The van der Waals surface area contributed by atoms with Crippen LogP contribution in [0.4, 0.5) is 24.5 Å². The molecule has 2 heterocycles. The zero-order valence-electron chi connectivity index (χ0n) is 16.2. The number of alkyl halides is 3. The molecule has 1 N–H and O–H groups in total. The summed E-state index contributed by atoms with van der Waals surface area (Å²) in [6, 6.07) is 3.11. The molecular formula is C19H23F3N4O3. The average Bonchev–Trinajstić information content (AvgIpc) is 3.01. The number of fused-ring (bicyclic) bond motifs is 1. The van der Waals surface area contributed by atoms with Crippen molar-refractivity contribution in [2.45, 2.75) is 37.5 Å². The van der Waals surface area contributed by atoms with Crippen molar-refractivity contribution in [3.8, 4) is 0 Å². The highest BCUT2D eigenvalue weighted by Gasteiger charge is 2.49. The second-order valence-corrected chi connectivity index (χ2v) is 7.45. The van der Waals surface area contributed by atoms with Gasteiger partial charge in [-0.05, 0) is 31.5 Å². The Morgan fingerprint density at radius 1 is 1.24 bits per heavy atom. The van der Waals surface area contributed by atoms with Crippen molar-refractivity contribution >= 4 is 29.1 Å². The van der Waals surface area contributed by atoms with Crippen molar-refractivity contribution in [2.24, 2.45) is 0 Å². The van der Waals surface area contributed by atoms with Crippen molar-refractivity contribution in [3.05, 3.63) is 24.3 Å². The second kappa shape index (κ2) is 8.02. The van der Waals surface area contributed by atoms with E-state index < -0.39 is 36.5 Å². The first kappa shape index (κ1) is 21.1. The summed E-state index contributed by atoms with van der Waals surface area (Å²) >= 11 is 0. The van der Waals surface area contributed by atoms with E-state index in [1.54, 1.807) is 25.1 Å². The number of hydrogen-bond acceptors (Lipinski definition) is 4. The molecule has 1 aromatic rings. The van der Waals surface area contributed by atoms with Gasteiger partial charge in [-0.1, -0.05) is 12.1 Å². The van der Waals surface area contributed by atoms with Gasteiger partial charge in [0.25, 0.3) is 0 Å². The summed E-state index contributed by atoms with van der Waals surface area (Å²) in [5.74, 6) is -1.79. The zero-order chi connectivity index (χ0) is 21.3. The minimum Gasteiger partial charge on any atom is -0.347 e. The van der Waals surface area contributed by atoms with Crippen molar-refractivity contribution < 1.29 is 27.6 Å². The quantitative estimate of drug-likeness (QED) is 0.823. The van der Waals surface area contributed by atoms with Gasteiger partial charge in [-0.3, -0.25) is 24.2 Å². The van der Waals surface area contributed by atoms with E-state index in [0.717, 1.165) is 0 Å². The van der Waals surface area contributed by atoms with Crippen LogP contribution in [0.1, 0.15) is 19.3 Å². The Kier molecular flexibility index (Phi) is 5.83. The monoisotopic (exact) mass is 412 g/mol. The number of likely N-dealkylation sites (N-methyl/N-ethyl adjacent to an activating group) is 1. The third-order valence-electron chi connectivity index (χ3n) is 5.20. The number of anilines is 2. The van der Waals surface area contributed by atoms with E-state index in [9.17, 15) is 27.6 Å². The normalized spacial score (nSPS) is 22.7. The lowest BCUT2D eigenvalue weighted by molar-refractivity contribution is -0.158. The summed E-state index contributed by atoms with van der Waals surface area (Å²) in [6.07, 6.45) is -4.45. The molecule has 2 unspecified atom stereocenters. The van der Waals surface area contributed by atoms with Crippen molar-refractivity contribution in [3.63, 3.8) is 0 Å². The molecular weight excluding hydrogens is 389 g/mol. The number of carbonyl (C=O) groups is 3. The van der Waals surface area contributed by atoms with Gasteiger partial charge in [0.05, 0.1) is 30.4 Å². The maximum Gasteiger partial charge on any atom is 0.409 e. The highest BCUT2D eigenvalue weighted by molar-refractivity contribution is 6.05. The largest absolute Gasteiger partial charge is 0.409 e. The molecule has 158 valence electrons. The van der Waals surface area contributed by atoms with Crippen molar-refractivity contribution in [1.82, 2.24) is 9.80 Å². The van der Waals surface area contributed by atoms with E-state index in [0.29, 0.717) is 24.3 Å². The number of para-hydroxylation sites is 2. The van der Waals surface area contributed by atoms with Gasteiger partial charge < -0.3 is 10.2 Å². The van der Waals surface area contributed by atoms with Gasteiger partial charge in [-0.2, -0.15) is 13.2 Å². The minimum atomic E-state index is -4.78. The van der Waals surface area contributed by atoms with E-state index in [4.69, 9.17) is 0 Å². The van der Waals surface area contributed by atoms with Crippen LogP contribution in [-0.2, 0) is 14.4 Å². The van der Waals surface area contributed by atoms with Crippen LogP contribution >= 0.6 is 0 Å². The molecule has 2 aliphatic rings. The van der Waals surface area contributed by atoms with Crippen LogP contribution in [0, 0.1) is 0 Å². The summed E-state index contributed by atoms with van der Waals surface area (Å²) in [5, 5.41) is 2.44. The Morgan fingerprint density at radius 3 is 2.59 bits per heavy atom. The highest BCUT2D eigenvalue weighted by atomic mass is 19.4. The molecule has 10 heteroatoms. The van der Waals surface area contributed by atoms with Gasteiger partial charge in [0.1, 0.15) is 6.04 Å². The Labute approximate surface area is 166 Å².